The lowest BCUT2D eigenvalue weighted by atomic mass is 10.1. The molecule has 0 aliphatic carbocycles. The molecule has 0 saturated heterocycles. The van der Waals surface area contributed by atoms with Crippen LogP contribution in [0.15, 0.2) is 103 Å². The minimum atomic E-state index is -0.363. The Morgan fingerprint density at radius 3 is 2.32 bits per heavy atom. The van der Waals surface area contributed by atoms with E-state index in [0.717, 1.165) is 22.0 Å². The average molecular weight is 447 g/mol. The van der Waals surface area contributed by atoms with Gasteiger partial charge in [0.05, 0.1) is 11.9 Å². The molecule has 1 heterocycles. The van der Waals surface area contributed by atoms with Gasteiger partial charge in [0.15, 0.2) is 0 Å². The van der Waals surface area contributed by atoms with Crippen molar-refractivity contribution in [3.8, 4) is 5.69 Å². The predicted octanol–water partition coefficient (Wildman–Crippen LogP) is 5.84. The highest BCUT2D eigenvalue weighted by Gasteiger charge is 2.22. The number of hydrogen-bond donors (Lipinski definition) is 2. The highest BCUT2D eigenvalue weighted by molar-refractivity contribution is 6.14. The first kappa shape index (κ1) is 21.2. The van der Waals surface area contributed by atoms with Crippen molar-refractivity contribution >= 4 is 34.1 Å². The Morgan fingerprint density at radius 1 is 0.765 bits per heavy atom. The fourth-order valence-electron chi connectivity index (χ4n) is 3.89. The summed E-state index contributed by atoms with van der Waals surface area (Å²) in [5, 5.41) is 12.3. The van der Waals surface area contributed by atoms with Gasteiger partial charge in [0.2, 0.25) is 0 Å². The van der Waals surface area contributed by atoms with Crippen LogP contribution in [0.3, 0.4) is 0 Å². The zero-order valence-corrected chi connectivity index (χ0v) is 18.5. The number of nitrogens with one attached hydrogen (secondary N) is 2. The molecule has 0 radical (unpaired) electrons. The molecular formula is C28H22N4O2. The molecule has 34 heavy (non-hydrogen) atoms. The van der Waals surface area contributed by atoms with E-state index in [1.165, 1.54) is 6.20 Å². The van der Waals surface area contributed by atoms with Crippen LogP contribution in [0.2, 0.25) is 0 Å². The van der Waals surface area contributed by atoms with Crippen molar-refractivity contribution in [3.63, 3.8) is 0 Å². The van der Waals surface area contributed by atoms with E-state index in [9.17, 15) is 9.59 Å². The number of benzene rings is 4. The molecule has 0 aliphatic heterocycles. The minimum absolute atomic E-state index is 0.262. The van der Waals surface area contributed by atoms with Crippen molar-refractivity contribution in [2.24, 2.45) is 0 Å². The Bertz CT molecular complexity index is 1500. The van der Waals surface area contributed by atoms with Gasteiger partial charge in [-0.15, -0.1) is 0 Å². The average Bonchev–Trinajstić information content (AvgIpc) is 3.28. The van der Waals surface area contributed by atoms with Crippen molar-refractivity contribution in [2.45, 2.75) is 6.92 Å². The number of aromatic nitrogens is 2. The molecule has 0 aliphatic rings. The molecule has 0 bridgehead atoms. The molecule has 166 valence electrons. The third kappa shape index (κ3) is 4.17. The molecule has 5 rings (SSSR count). The Balaban J connectivity index is 1.53. The zero-order chi connectivity index (χ0) is 23.5. The minimum Gasteiger partial charge on any atom is -0.321 e. The number of hydrogen-bond acceptors (Lipinski definition) is 3. The Morgan fingerprint density at radius 2 is 1.50 bits per heavy atom. The molecule has 2 amide bonds. The quantitative estimate of drug-likeness (QED) is 0.356. The number of anilines is 2. The first-order valence-electron chi connectivity index (χ1n) is 10.9. The molecule has 0 saturated carbocycles. The van der Waals surface area contributed by atoms with E-state index in [2.05, 4.69) is 15.7 Å². The highest BCUT2D eigenvalue weighted by Crippen LogP contribution is 2.26. The molecule has 2 N–H and O–H groups in total. The Labute approximate surface area is 196 Å². The van der Waals surface area contributed by atoms with Crippen molar-refractivity contribution < 1.29 is 9.59 Å². The van der Waals surface area contributed by atoms with Gasteiger partial charge < -0.3 is 10.6 Å². The van der Waals surface area contributed by atoms with Crippen LogP contribution in [0.5, 0.6) is 0 Å². The first-order chi connectivity index (χ1) is 16.6. The summed E-state index contributed by atoms with van der Waals surface area (Å²) in [5.74, 6) is -0.380. The van der Waals surface area contributed by atoms with Gasteiger partial charge in [-0.05, 0) is 42.6 Å². The summed E-state index contributed by atoms with van der Waals surface area (Å²) in [7, 11) is 0. The number of nitrogens with zero attached hydrogens (tertiary/aromatic N) is 2. The van der Waals surface area contributed by atoms with E-state index >= 15 is 0 Å². The van der Waals surface area contributed by atoms with E-state index < -0.39 is 0 Å². The second kappa shape index (κ2) is 9.03. The molecule has 6 nitrogen and oxygen atoms in total. The standard InChI is InChI=1S/C28H22N4O2/c1-19-9-7-12-21(17-19)27(33)31-26-24(18-29-32(26)22-13-3-2-4-14-22)28(34)30-25-16-8-11-20-10-5-6-15-23(20)25/h2-18H,1H3,(H,30,34)(H,31,33). The number of carbonyl (C=O) groups excluding carboxylic acids is 2. The normalized spacial score (nSPS) is 10.7. The van der Waals surface area contributed by atoms with Crippen LogP contribution < -0.4 is 10.6 Å². The summed E-state index contributed by atoms with van der Waals surface area (Å²) in [6.07, 6.45) is 1.47. The van der Waals surface area contributed by atoms with E-state index in [1.807, 2.05) is 91.9 Å². The third-order valence-electron chi connectivity index (χ3n) is 5.56. The summed E-state index contributed by atoms with van der Waals surface area (Å²) in [5.41, 5.74) is 3.15. The third-order valence-corrected chi connectivity index (χ3v) is 5.56. The number of para-hydroxylation sites is 1. The van der Waals surface area contributed by atoms with Crippen LogP contribution in [0.4, 0.5) is 11.5 Å². The Hall–Kier alpha value is -4.71. The van der Waals surface area contributed by atoms with Crippen molar-refractivity contribution in [3.05, 3.63) is 120 Å². The second-order valence-electron chi connectivity index (χ2n) is 7.96. The van der Waals surface area contributed by atoms with Crippen LogP contribution in [0, 0.1) is 6.92 Å². The second-order valence-corrected chi connectivity index (χ2v) is 7.96. The number of aryl methyl sites for hydroxylation is 1. The van der Waals surface area contributed by atoms with Crippen LogP contribution in [0.1, 0.15) is 26.3 Å². The fraction of sp³-hybridized carbons (Fsp3) is 0.0357. The molecular weight excluding hydrogens is 424 g/mol. The number of amides is 2. The SMILES string of the molecule is Cc1cccc(C(=O)Nc2c(C(=O)Nc3cccc4ccccc34)cnn2-c2ccccc2)c1. The maximum atomic E-state index is 13.4. The van der Waals surface area contributed by atoms with Gasteiger partial charge in [0, 0.05) is 16.6 Å². The lowest BCUT2D eigenvalue weighted by Gasteiger charge is -2.13. The van der Waals surface area contributed by atoms with Crippen LogP contribution in [0.25, 0.3) is 16.5 Å². The zero-order valence-electron chi connectivity index (χ0n) is 18.5. The van der Waals surface area contributed by atoms with Gasteiger partial charge in [-0.3, -0.25) is 9.59 Å². The van der Waals surface area contributed by atoms with Crippen molar-refractivity contribution in [1.82, 2.24) is 9.78 Å². The summed E-state index contributed by atoms with van der Waals surface area (Å²) < 4.78 is 1.56. The molecule has 6 heteroatoms. The summed E-state index contributed by atoms with van der Waals surface area (Å²) in [6.45, 7) is 1.92. The van der Waals surface area contributed by atoms with Crippen molar-refractivity contribution in [1.29, 1.82) is 0 Å². The van der Waals surface area contributed by atoms with Gasteiger partial charge >= 0.3 is 0 Å². The smallest absolute Gasteiger partial charge is 0.261 e. The maximum Gasteiger partial charge on any atom is 0.261 e. The van der Waals surface area contributed by atoms with Crippen LogP contribution >= 0.6 is 0 Å². The maximum absolute atomic E-state index is 13.4. The van der Waals surface area contributed by atoms with E-state index in [0.29, 0.717) is 17.1 Å². The molecule has 4 aromatic carbocycles. The van der Waals surface area contributed by atoms with Gasteiger partial charge in [0.25, 0.3) is 11.8 Å². The van der Waals surface area contributed by atoms with E-state index in [1.54, 1.807) is 16.8 Å². The largest absolute Gasteiger partial charge is 0.321 e. The lowest BCUT2D eigenvalue weighted by molar-refractivity contribution is 0.102. The van der Waals surface area contributed by atoms with E-state index in [4.69, 9.17) is 0 Å². The van der Waals surface area contributed by atoms with Gasteiger partial charge in [0.1, 0.15) is 11.4 Å². The van der Waals surface area contributed by atoms with Crippen LogP contribution in [-0.4, -0.2) is 21.6 Å². The van der Waals surface area contributed by atoms with Crippen LogP contribution in [-0.2, 0) is 0 Å². The lowest BCUT2D eigenvalue weighted by Crippen LogP contribution is -2.19. The molecule has 1 aromatic heterocycles. The monoisotopic (exact) mass is 446 g/mol. The number of rotatable bonds is 5. The predicted molar refractivity (Wildman–Crippen MR) is 135 cm³/mol. The highest BCUT2D eigenvalue weighted by atomic mass is 16.2. The summed E-state index contributed by atoms with van der Waals surface area (Å²) in [6, 6.07) is 30.2. The topological polar surface area (TPSA) is 76.0 Å². The van der Waals surface area contributed by atoms with Gasteiger partial charge in [-0.1, -0.05) is 72.3 Å². The van der Waals surface area contributed by atoms with Gasteiger partial charge in [-0.25, -0.2) is 4.68 Å². The fourth-order valence-corrected chi connectivity index (χ4v) is 3.89. The molecule has 0 spiro atoms. The van der Waals surface area contributed by atoms with E-state index in [-0.39, 0.29) is 17.4 Å². The molecule has 5 aromatic rings. The first-order valence-corrected chi connectivity index (χ1v) is 10.9. The van der Waals surface area contributed by atoms with Crippen molar-refractivity contribution in [2.75, 3.05) is 10.6 Å². The number of carbonyl (C=O) groups is 2. The molecule has 0 atom stereocenters. The van der Waals surface area contributed by atoms with Gasteiger partial charge in [-0.2, -0.15) is 5.10 Å². The summed E-state index contributed by atoms with van der Waals surface area (Å²) in [4.78, 5) is 26.5. The summed E-state index contributed by atoms with van der Waals surface area (Å²) >= 11 is 0. The molecule has 0 fully saturated rings. The molecule has 0 unspecified atom stereocenters. The number of fused-ring (bicyclic) bond motifs is 1. The Kier molecular flexibility index (Phi) is 5.62.